The minimum Gasteiger partial charge on any atom is -0.489 e. The minimum atomic E-state index is -0.780. The number of carboxylic acid groups (broad SMARTS) is 1. The van der Waals surface area contributed by atoms with Gasteiger partial charge in [0.25, 0.3) is 0 Å². The zero-order valence-corrected chi connectivity index (χ0v) is 11.9. The maximum atomic E-state index is 13.4. The molecular formula is C14H18FNO3S. The molecule has 1 aromatic carbocycles. The van der Waals surface area contributed by atoms with Gasteiger partial charge in [0, 0.05) is 30.6 Å². The number of ether oxygens (including phenoxy) is 1. The van der Waals surface area contributed by atoms with Crippen LogP contribution in [0.2, 0.25) is 0 Å². The first-order valence-corrected chi connectivity index (χ1v) is 7.73. The second-order valence-corrected chi connectivity index (χ2v) is 5.79. The Kier molecular flexibility index (Phi) is 5.67. The number of para-hydroxylation sites is 1. The minimum absolute atomic E-state index is 0.0375. The number of carboxylic acids is 1. The van der Waals surface area contributed by atoms with E-state index >= 15 is 0 Å². The Bertz CT molecular complexity index is 458. The van der Waals surface area contributed by atoms with Gasteiger partial charge in [-0.05, 0) is 12.1 Å². The Morgan fingerprint density at radius 3 is 3.05 bits per heavy atom. The van der Waals surface area contributed by atoms with E-state index in [2.05, 4.69) is 4.90 Å². The zero-order chi connectivity index (χ0) is 14.4. The molecule has 1 aromatic rings. The van der Waals surface area contributed by atoms with Crippen LogP contribution in [-0.2, 0) is 4.79 Å². The summed E-state index contributed by atoms with van der Waals surface area (Å²) in [6, 6.07) is 6.34. The van der Waals surface area contributed by atoms with Gasteiger partial charge >= 0.3 is 5.97 Å². The second kappa shape index (κ2) is 7.50. The van der Waals surface area contributed by atoms with Crippen molar-refractivity contribution in [3.63, 3.8) is 0 Å². The van der Waals surface area contributed by atoms with E-state index in [0.29, 0.717) is 13.2 Å². The molecule has 1 fully saturated rings. The number of rotatable bonds is 6. The summed E-state index contributed by atoms with van der Waals surface area (Å²) in [7, 11) is 0. The average molecular weight is 299 g/mol. The van der Waals surface area contributed by atoms with Gasteiger partial charge in [0.2, 0.25) is 0 Å². The van der Waals surface area contributed by atoms with Crippen molar-refractivity contribution in [2.24, 2.45) is 0 Å². The lowest BCUT2D eigenvalue weighted by Crippen LogP contribution is -2.45. The summed E-state index contributed by atoms with van der Waals surface area (Å²) in [5.74, 6) is 0.914. The molecule has 0 bridgehead atoms. The number of halogens is 1. The van der Waals surface area contributed by atoms with Gasteiger partial charge in [0.15, 0.2) is 11.6 Å². The first kappa shape index (κ1) is 15.1. The summed E-state index contributed by atoms with van der Waals surface area (Å²) in [4.78, 5) is 13.0. The van der Waals surface area contributed by atoms with E-state index in [4.69, 9.17) is 9.84 Å². The maximum absolute atomic E-state index is 13.4. The quantitative estimate of drug-likeness (QED) is 0.872. The van der Waals surface area contributed by atoms with Crippen LogP contribution in [0.15, 0.2) is 24.3 Å². The monoisotopic (exact) mass is 299 g/mol. The van der Waals surface area contributed by atoms with Crippen LogP contribution in [0.1, 0.15) is 6.42 Å². The van der Waals surface area contributed by atoms with Crippen LogP contribution < -0.4 is 4.74 Å². The number of aliphatic carboxylic acids is 1. The highest BCUT2D eigenvalue weighted by Gasteiger charge is 2.24. The lowest BCUT2D eigenvalue weighted by Gasteiger charge is -2.34. The van der Waals surface area contributed by atoms with E-state index in [1.165, 1.54) is 6.07 Å². The highest BCUT2D eigenvalue weighted by atomic mass is 32.2. The van der Waals surface area contributed by atoms with Gasteiger partial charge in [-0.15, -0.1) is 0 Å². The van der Waals surface area contributed by atoms with Crippen molar-refractivity contribution in [2.45, 2.75) is 12.5 Å². The molecular weight excluding hydrogens is 281 g/mol. The molecule has 1 unspecified atom stereocenters. The molecule has 6 heteroatoms. The number of hydrogen-bond donors (Lipinski definition) is 1. The summed E-state index contributed by atoms with van der Waals surface area (Å²) in [6.07, 6.45) is 0.146. The molecule has 0 spiro atoms. The summed E-state index contributed by atoms with van der Waals surface area (Å²) < 4.78 is 18.8. The summed E-state index contributed by atoms with van der Waals surface area (Å²) >= 11 is 1.78. The second-order valence-electron chi connectivity index (χ2n) is 4.64. The van der Waals surface area contributed by atoms with Gasteiger partial charge < -0.3 is 9.84 Å². The van der Waals surface area contributed by atoms with Crippen molar-refractivity contribution in [3.05, 3.63) is 30.1 Å². The Labute approximate surface area is 121 Å². The van der Waals surface area contributed by atoms with Crippen LogP contribution in [0, 0.1) is 5.82 Å². The Hall–Kier alpha value is -1.27. The average Bonchev–Trinajstić information content (AvgIpc) is 2.42. The SMILES string of the molecule is O=C(O)CC1CSCCN1CCOc1ccccc1F. The third kappa shape index (κ3) is 4.38. The molecule has 1 aliphatic rings. The lowest BCUT2D eigenvalue weighted by atomic mass is 10.2. The molecule has 2 rings (SSSR count). The first-order valence-electron chi connectivity index (χ1n) is 6.57. The standard InChI is InChI=1S/C14H18FNO3S/c15-12-3-1-2-4-13(12)19-7-5-16-6-8-20-10-11(16)9-14(17)18/h1-4,11H,5-10H2,(H,17,18). The van der Waals surface area contributed by atoms with Crippen molar-refractivity contribution in [1.82, 2.24) is 4.90 Å². The van der Waals surface area contributed by atoms with Crippen molar-refractivity contribution >= 4 is 17.7 Å². The van der Waals surface area contributed by atoms with Crippen LogP contribution in [0.25, 0.3) is 0 Å². The van der Waals surface area contributed by atoms with Gasteiger partial charge in [-0.2, -0.15) is 11.8 Å². The molecule has 4 nitrogen and oxygen atoms in total. The molecule has 1 heterocycles. The fourth-order valence-electron chi connectivity index (χ4n) is 2.21. The Balaban J connectivity index is 1.82. The largest absolute Gasteiger partial charge is 0.489 e. The molecule has 0 radical (unpaired) electrons. The molecule has 1 atom stereocenters. The van der Waals surface area contributed by atoms with Crippen LogP contribution in [-0.4, -0.2) is 53.2 Å². The molecule has 1 N–H and O–H groups in total. The number of thioether (sulfide) groups is 1. The highest BCUT2D eigenvalue weighted by Crippen LogP contribution is 2.19. The van der Waals surface area contributed by atoms with Crippen molar-refractivity contribution in [1.29, 1.82) is 0 Å². The number of hydrogen-bond acceptors (Lipinski definition) is 4. The normalized spacial score (nSPS) is 19.8. The van der Waals surface area contributed by atoms with Crippen LogP contribution >= 0.6 is 11.8 Å². The number of nitrogens with zero attached hydrogens (tertiary/aromatic N) is 1. The third-order valence-corrected chi connectivity index (χ3v) is 4.32. The predicted octanol–water partition coefficient (Wildman–Crippen LogP) is 2.10. The van der Waals surface area contributed by atoms with Gasteiger partial charge in [-0.3, -0.25) is 9.69 Å². The molecule has 0 aromatic heterocycles. The Morgan fingerprint density at radius 2 is 2.30 bits per heavy atom. The molecule has 1 saturated heterocycles. The highest BCUT2D eigenvalue weighted by molar-refractivity contribution is 7.99. The predicted molar refractivity (Wildman–Crippen MR) is 76.8 cm³/mol. The maximum Gasteiger partial charge on any atom is 0.304 e. The van der Waals surface area contributed by atoms with Crippen molar-refractivity contribution in [2.75, 3.05) is 31.2 Å². The zero-order valence-electron chi connectivity index (χ0n) is 11.1. The molecule has 110 valence electrons. The van der Waals surface area contributed by atoms with Gasteiger partial charge in [0.05, 0.1) is 6.42 Å². The van der Waals surface area contributed by atoms with Crippen molar-refractivity contribution in [3.8, 4) is 5.75 Å². The van der Waals surface area contributed by atoms with Gasteiger partial charge in [-0.25, -0.2) is 4.39 Å². The van der Waals surface area contributed by atoms with E-state index in [-0.39, 0.29) is 24.0 Å². The van der Waals surface area contributed by atoms with Gasteiger partial charge in [-0.1, -0.05) is 12.1 Å². The number of benzene rings is 1. The molecule has 1 aliphatic heterocycles. The summed E-state index contributed by atoms with van der Waals surface area (Å²) in [6.45, 7) is 1.83. The topological polar surface area (TPSA) is 49.8 Å². The lowest BCUT2D eigenvalue weighted by molar-refractivity contribution is -0.138. The molecule has 0 amide bonds. The van der Waals surface area contributed by atoms with Crippen LogP contribution in [0.3, 0.4) is 0 Å². The van der Waals surface area contributed by atoms with E-state index in [9.17, 15) is 9.18 Å². The molecule has 20 heavy (non-hydrogen) atoms. The summed E-state index contributed by atoms with van der Waals surface area (Å²) in [5, 5.41) is 8.91. The number of carbonyl (C=O) groups is 1. The smallest absolute Gasteiger partial charge is 0.304 e. The Morgan fingerprint density at radius 1 is 1.50 bits per heavy atom. The van der Waals surface area contributed by atoms with E-state index in [1.807, 2.05) is 0 Å². The van der Waals surface area contributed by atoms with Crippen molar-refractivity contribution < 1.29 is 19.0 Å². The van der Waals surface area contributed by atoms with Gasteiger partial charge in [0.1, 0.15) is 6.61 Å². The summed E-state index contributed by atoms with van der Waals surface area (Å²) in [5.41, 5.74) is 0. The van der Waals surface area contributed by atoms with E-state index < -0.39 is 5.97 Å². The first-order chi connectivity index (χ1) is 9.66. The van der Waals surface area contributed by atoms with Crippen LogP contribution in [0.4, 0.5) is 4.39 Å². The third-order valence-electron chi connectivity index (χ3n) is 3.23. The molecule has 0 aliphatic carbocycles. The molecule has 0 saturated carbocycles. The fraction of sp³-hybridized carbons (Fsp3) is 0.500. The van der Waals surface area contributed by atoms with E-state index in [0.717, 1.165) is 18.1 Å². The van der Waals surface area contributed by atoms with E-state index in [1.54, 1.807) is 30.0 Å². The fourth-order valence-corrected chi connectivity index (χ4v) is 3.34. The van der Waals surface area contributed by atoms with Crippen LogP contribution in [0.5, 0.6) is 5.75 Å².